The molecule has 5 heteroatoms. The summed E-state index contributed by atoms with van der Waals surface area (Å²) in [5.74, 6) is 0.378. The van der Waals surface area contributed by atoms with E-state index in [4.69, 9.17) is 4.74 Å². The average molecular weight is 311 g/mol. The molecule has 1 fully saturated rings. The fourth-order valence-corrected chi connectivity index (χ4v) is 2.56. The molecule has 23 heavy (non-hydrogen) atoms. The lowest BCUT2D eigenvalue weighted by Crippen LogP contribution is -2.50. The number of aromatic nitrogens is 2. The van der Waals surface area contributed by atoms with Crippen molar-refractivity contribution in [2.24, 2.45) is 0 Å². The Hall–Kier alpha value is -2.43. The van der Waals surface area contributed by atoms with Crippen molar-refractivity contribution in [3.8, 4) is 11.1 Å². The smallest absolute Gasteiger partial charge is 0.410 e. The minimum absolute atomic E-state index is 0.230. The summed E-state index contributed by atoms with van der Waals surface area (Å²) in [6.07, 6.45) is 4.90. The number of nitrogens with zero attached hydrogens (tertiary/aromatic N) is 3. The van der Waals surface area contributed by atoms with Gasteiger partial charge in [0.25, 0.3) is 0 Å². The number of rotatable bonds is 2. The minimum atomic E-state index is -0.443. The molecule has 0 atom stereocenters. The maximum atomic E-state index is 11.9. The molecule has 1 aliphatic rings. The Kier molecular flexibility index (Phi) is 4.03. The second kappa shape index (κ2) is 5.99. The van der Waals surface area contributed by atoms with E-state index in [1.807, 2.05) is 20.8 Å². The van der Waals surface area contributed by atoms with Crippen molar-refractivity contribution in [2.45, 2.75) is 32.3 Å². The first-order valence-corrected chi connectivity index (χ1v) is 7.76. The first-order valence-electron chi connectivity index (χ1n) is 7.76. The molecule has 1 aromatic carbocycles. The van der Waals surface area contributed by atoms with Gasteiger partial charge < -0.3 is 9.64 Å². The summed E-state index contributed by atoms with van der Waals surface area (Å²) in [5.41, 5.74) is 2.90. The summed E-state index contributed by atoms with van der Waals surface area (Å²) < 4.78 is 5.38. The van der Waals surface area contributed by atoms with Crippen LogP contribution in [-0.4, -0.2) is 39.7 Å². The third-order valence-corrected chi connectivity index (χ3v) is 3.81. The van der Waals surface area contributed by atoms with Crippen molar-refractivity contribution in [1.82, 2.24) is 14.9 Å². The molecular weight excluding hydrogens is 290 g/mol. The number of ether oxygens (including phenoxy) is 1. The van der Waals surface area contributed by atoms with Crippen LogP contribution < -0.4 is 0 Å². The highest BCUT2D eigenvalue weighted by molar-refractivity contribution is 5.69. The van der Waals surface area contributed by atoms with Crippen LogP contribution in [0, 0.1) is 0 Å². The van der Waals surface area contributed by atoms with Gasteiger partial charge in [-0.3, -0.25) is 0 Å². The molecule has 0 N–H and O–H groups in total. The summed E-state index contributed by atoms with van der Waals surface area (Å²) in [4.78, 5) is 21.8. The minimum Gasteiger partial charge on any atom is -0.444 e. The van der Waals surface area contributed by atoms with Crippen molar-refractivity contribution in [3.05, 3.63) is 48.5 Å². The van der Waals surface area contributed by atoms with Crippen LogP contribution in [0.3, 0.4) is 0 Å². The van der Waals surface area contributed by atoms with Gasteiger partial charge in [-0.1, -0.05) is 24.3 Å². The summed E-state index contributed by atoms with van der Waals surface area (Å²) in [6.45, 7) is 7.07. The molecule has 0 unspecified atom stereocenters. The summed E-state index contributed by atoms with van der Waals surface area (Å²) in [6, 6.07) is 8.37. The molecule has 120 valence electrons. The molecule has 2 heterocycles. The fourth-order valence-electron chi connectivity index (χ4n) is 2.56. The molecule has 1 aromatic heterocycles. The Labute approximate surface area is 136 Å². The highest BCUT2D eigenvalue weighted by Crippen LogP contribution is 2.29. The molecule has 1 amide bonds. The Balaban J connectivity index is 1.59. The Morgan fingerprint density at radius 2 is 1.70 bits per heavy atom. The largest absolute Gasteiger partial charge is 0.444 e. The molecule has 0 aliphatic carbocycles. The van der Waals surface area contributed by atoms with Gasteiger partial charge in [-0.2, -0.15) is 0 Å². The second-order valence-electron chi connectivity index (χ2n) is 6.83. The van der Waals surface area contributed by atoms with E-state index in [0.717, 1.165) is 11.1 Å². The first-order chi connectivity index (χ1) is 10.9. The lowest BCUT2D eigenvalue weighted by atomic mass is 9.91. The number of hydrogen-bond acceptors (Lipinski definition) is 4. The molecule has 0 spiro atoms. The summed E-state index contributed by atoms with van der Waals surface area (Å²) >= 11 is 0. The first kappa shape index (κ1) is 15.5. The quantitative estimate of drug-likeness (QED) is 0.852. The van der Waals surface area contributed by atoms with E-state index in [1.54, 1.807) is 17.3 Å². The predicted octanol–water partition coefficient (Wildman–Crippen LogP) is 3.48. The Bertz CT molecular complexity index is 672. The van der Waals surface area contributed by atoms with E-state index in [1.165, 1.54) is 11.9 Å². The van der Waals surface area contributed by atoms with Crippen LogP contribution in [-0.2, 0) is 4.74 Å². The number of likely N-dealkylation sites (tertiary alicyclic amines) is 1. The van der Waals surface area contributed by atoms with Crippen LogP contribution in [0.4, 0.5) is 4.79 Å². The summed E-state index contributed by atoms with van der Waals surface area (Å²) in [5, 5.41) is 0. The van der Waals surface area contributed by atoms with E-state index in [9.17, 15) is 4.79 Å². The number of carbonyl (C=O) groups excluding carboxylic acids is 1. The molecule has 0 radical (unpaired) electrons. The Morgan fingerprint density at radius 3 is 2.26 bits per heavy atom. The maximum absolute atomic E-state index is 11.9. The molecule has 5 nitrogen and oxygen atoms in total. The van der Waals surface area contributed by atoms with Gasteiger partial charge in [-0.05, 0) is 31.9 Å². The highest BCUT2D eigenvalue weighted by Gasteiger charge is 2.34. The van der Waals surface area contributed by atoms with Crippen molar-refractivity contribution >= 4 is 6.09 Å². The van der Waals surface area contributed by atoms with Crippen LogP contribution in [0.25, 0.3) is 11.1 Å². The maximum Gasteiger partial charge on any atom is 0.410 e. The summed E-state index contributed by atoms with van der Waals surface area (Å²) in [7, 11) is 0. The monoisotopic (exact) mass is 311 g/mol. The van der Waals surface area contributed by atoms with Gasteiger partial charge in [-0.15, -0.1) is 0 Å². The number of benzene rings is 1. The highest BCUT2D eigenvalue weighted by atomic mass is 16.6. The van der Waals surface area contributed by atoms with Crippen LogP contribution in [0.1, 0.15) is 32.3 Å². The molecule has 1 saturated heterocycles. The normalized spacial score (nSPS) is 15.2. The van der Waals surface area contributed by atoms with E-state index in [0.29, 0.717) is 19.0 Å². The number of amides is 1. The van der Waals surface area contributed by atoms with Gasteiger partial charge in [0.1, 0.15) is 11.9 Å². The van der Waals surface area contributed by atoms with Crippen molar-refractivity contribution in [1.29, 1.82) is 0 Å². The van der Waals surface area contributed by atoms with Crippen molar-refractivity contribution < 1.29 is 9.53 Å². The molecule has 0 bridgehead atoms. The third kappa shape index (κ3) is 3.67. The zero-order valence-corrected chi connectivity index (χ0v) is 13.7. The van der Waals surface area contributed by atoms with Crippen LogP contribution in [0.15, 0.2) is 43.0 Å². The average Bonchev–Trinajstić information content (AvgIpc) is 2.45. The van der Waals surface area contributed by atoms with E-state index >= 15 is 0 Å². The lowest BCUT2D eigenvalue weighted by molar-refractivity contribution is 0.00820. The van der Waals surface area contributed by atoms with Crippen LogP contribution >= 0.6 is 0 Å². The van der Waals surface area contributed by atoms with Gasteiger partial charge in [0.05, 0.1) is 0 Å². The number of hydrogen-bond donors (Lipinski definition) is 0. The predicted molar refractivity (Wildman–Crippen MR) is 88.0 cm³/mol. The van der Waals surface area contributed by atoms with Gasteiger partial charge in [0, 0.05) is 37.0 Å². The zero-order valence-electron chi connectivity index (χ0n) is 13.7. The van der Waals surface area contributed by atoms with Gasteiger partial charge in [0.15, 0.2) is 0 Å². The fraction of sp³-hybridized carbons (Fsp3) is 0.389. The van der Waals surface area contributed by atoms with Crippen molar-refractivity contribution in [3.63, 3.8) is 0 Å². The van der Waals surface area contributed by atoms with Crippen LogP contribution in [0.2, 0.25) is 0 Å². The van der Waals surface area contributed by atoms with Crippen LogP contribution in [0.5, 0.6) is 0 Å². The third-order valence-electron chi connectivity index (χ3n) is 3.81. The topological polar surface area (TPSA) is 55.3 Å². The van der Waals surface area contributed by atoms with E-state index in [-0.39, 0.29) is 6.09 Å². The molecular formula is C18H21N3O2. The molecule has 2 aromatic rings. The lowest BCUT2D eigenvalue weighted by Gasteiger charge is -2.40. The number of carbonyl (C=O) groups is 1. The standard InChI is InChI=1S/C18H21N3O2/c1-18(2,3)23-17(22)21-10-16(11-21)14-6-4-13(5-7-14)15-8-19-12-20-9-15/h4-9,12,16H,10-11H2,1-3H3. The second-order valence-corrected chi connectivity index (χ2v) is 6.83. The van der Waals surface area contributed by atoms with Gasteiger partial charge in [0.2, 0.25) is 0 Å². The van der Waals surface area contributed by atoms with Gasteiger partial charge in [-0.25, -0.2) is 14.8 Å². The molecule has 1 aliphatic heterocycles. The van der Waals surface area contributed by atoms with E-state index < -0.39 is 5.60 Å². The van der Waals surface area contributed by atoms with Crippen molar-refractivity contribution in [2.75, 3.05) is 13.1 Å². The zero-order chi connectivity index (χ0) is 16.4. The van der Waals surface area contributed by atoms with Gasteiger partial charge >= 0.3 is 6.09 Å². The molecule has 0 saturated carbocycles. The Morgan fingerprint density at radius 1 is 1.09 bits per heavy atom. The SMILES string of the molecule is CC(C)(C)OC(=O)N1CC(c2ccc(-c3cncnc3)cc2)C1. The molecule has 3 rings (SSSR count). The van der Waals surface area contributed by atoms with E-state index in [2.05, 4.69) is 34.2 Å².